The van der Waals surface area contributed by atoms with Gasteiger partial charge in [0.2, 0.25) is 0 Å². The van der Waals surface area contributed by atoms with Crippen molar-refractivity contribution in [2.75, 3.05) is 26.3 Å². The van der Waals surface area contributed by atoms with Gasteiger partial charge in [0, 0.05) is 13.1 Å². The molecule has 2 N–H and O–H groups in total. The first-order chi connectivity index (χ1) is 7.70. The van der Waals surface area contributed by atoms with Crippen LogP contribution in [0.1, 0.15) is 13.8 Å². The van der Waals surface area contributed by atoms with Gasteiger partial charge in [0.1, 0.15) is 5.82 Å². The van der Waals surface area contributed by atoms with Crippen LogP contribution in [0.25, 0.3) is 0 Å². The van der Waals surface area contributed by atoms with Crippen molar-refractivity contribution in [3.63, 3.8) is 0 Å². The van der Waals surface area contributed by atoms with Crippen LogP contribution in [0.4, 0.5) is 0 Å². The van der Waals surface area contributed by atoms with E-state index in [4.69, 9.17) is 9.47 Å². The first-order valence-electron chi connectivity index (χ1n) is 5.27. The fourth-order valence-electron chi connectivity index (χ4n) is 1.31. The molecule has 6 nitrogen and oxygen atoms in total. The van der Waals surface area contributed by atoms with Gasteiger partial charge in [-0.3, -0.25) is 0 Å². The Hall–Kier alpha value is -1.72. The quantitative estimate of drug-likeness (QED) is 0.293. The smallest absolute Gasteiger partial charge is 0.349 e. The molecule has 1 rings (SSSR count). The molecule has 0 aromatic rings. The van der Waals surface area contributed by atoms with Crippen LogP contribution in [0, 0.1) is 0 Å². The zero-order valence-corrected chi connectivity index (χ0v) is 9.46. The summed E-state index contributed by atoms with van der Waals surface area (Å²) in [6.07, 6.45) is 0. The van der Waals surface area contributed by atoms with Crippen molar-refractivity contribution < 1.29 is 19.1 Å². The Bertz CT molecular complexity index is 284. The predicted octanol–water partition coefficient (Wildman–Crippen LogP) is -0.483. The van der Waals surface area contributed by atoms with Crippen molar-refractivity contribution in [1.82, 2.24) is 10.6 Å². The molecule has 0 bridgehead atoms. The molecule has 90 valence electrons. The number of esters is 2. The maximum atomic E-state index is 11.6. The molecule has 1 aliphatic rings. The number of hydrogen-bond donors (Lipinski definition) is 2. The van der Waals surface area contributed by atoms with Gasteiger partial charge < -0.3 is 20.1 Å². The molecule has 0 aromatic heterocycles. The van der Waals surface area contributed by atoms with Gasteiger partial charge in [-0.1, -0.05) is 0 Å². The summed E-state index contributed by atoms with van der Waals surface area (Å²) >= 11 is 0. The molecule has 0 aliphatic carbocycles. The van der Waals surface area contributed by atoms with Crippen LogP contribution in [-0.2, 0) is 19.1 Å². The van der Waals surface area contributed by atoms with Crippen molar-refractivity contribution >= 4 is 11.9 Å². The van der Waals surface area contributed by atoms with Crippen LogP contribution in [0.5, 0.6) is 0 Å². The van der Waals surface area contributed by atoms with Gasteiger partial charge in [-0.25, -0.2) is 9.59 Å². The lowest BCUT2D eigenvalue weighted by Crippen LogP contribution is -2.26. The second-order valence-corrected chi connectivity index (χ2v) is 3.04. The minimum absolute atomic E-state index is 0.0961. The summed E-state index contributed by atoms with van der Waals surface area (Å²) in [6, 6.07) is 0. The zero-order chi connectivity index (χ0) is 12.0. The van der Waals surface area contributed by atoms with Gasteiger partial charge in [0.25, 0.3) is 0 Å². The number of ether oxygens (including phenoxy) is 2. The normalized spacial score (nSPS) is 13.8. The van der Waals surface area contributed by atoms with Crippen molar-refractivity contribution in [1.29, 1.82) is 0 Å². The molecular weight excluding hydrogens is 212 g/mol. The summed E-state index contributed by atoms with van der Waals surface area (Å²) in [5, 5.41) is 5.80. The van der Waals surface area contributed by atoms with Gasteiger partial charge in [-0.05, 0) is 13.8 Å². The van der Waals surface area contributed by atoms with Crippen LogP contribution in [0.2, 0.25) is 0 Å². The molecule has 0 radical (unpaired) electrons. The Labute approximate surface area is 94.0 Å². The van der Waals surface area contributed by atoms with E-state index in [-0.39, 0.29) is 18.8 Å². The molecule has 0 unspecified atom stereocenters. The van der Waals surface area contributed by atoms with E-state index in [1.807, 2.05) is 0 Å². The van der Waals surface area contributed by atoms with E-state index in [1.54, 1.807) is 13.8 Å². The Kier molecular flexibility index (Phi) is 4.63. The maximum absolute atomic E-state index is 11.6. The summed E-state index contributed by atoms with van der Waals surface area (Å²) in [6.45, 7) is 5.13. The number of rotatable bonds is 4. The van der Waals surface area contributed by atoms with E-state index >= 15 is 0 Å². The molecule has 0 aromatic carbocycles. The lowest BCUT2D eigenvalue weighted by molar-refractivity contribution is -0.146. The average Bonchev–Trinajstić information content (AvgIpc) is 2.72. The fourth-order valence-corrected chi connectivity index (χ4v) is 1.31. The third kappa shape index (κ3) is 2.88. The minimum atomic E-state index is -0.669. The summed E-state index contributed by atoms with van der Waals surface area (Å²) in [5.74, 6) is -0.951. The molecular formula is C10H16N2O4. The summed E-state index contributed by atoms with van der Waals surface area (Å²) in [7, 11) is 0. The molecule has 1 aliphatic heterocycles. The van der Waals surface area contributed by atoms with E-state index in [2.05, 4.69) is 10.6 Å². The van der Waals surface area contributed by atoms with Gasteiger partial charge in [-0.15, -0.1) is 0 Å². The highest BCUT2D eigenvalue weighted by Gasteiger charge is 2.27. The molecule has 16 heavy (non-hydrogen) atoms. The molecule has 0 atom stereocenters. The van der Waals surface area contributed by atoms with E-state index in [9.17, 15) is 9.59 Å². The third-order valence-corrected chi connectivity index (χ3v) is 1.94. The van der Waals surface area contributed by atoms with Crippen molar-refractivity contribution in [3.05, 3.63) is 11.4 Å². The Morgan fingerprint density at radius 2 is 1.50 bits per heavy atom. The molecule has 6 heteroatoms. The molecule has 1 heterocycles. The number of carbonyl (C=O) groups excluding carboxylic acids is 2. The Morgan fingerprint density at radius 1 is 1.06 bits per heavy atom. The molecule has 0 spiro atoms. The fraction of sp³-hybridized carbons (Fsp3) is 0.600. The first kappa shape index (κ1) is 12.4. The monoisotopic (exact) mass is 228 g/mol. The van der Waals surface area contributed by atoms with Crippen LogP contribution < -0.4 is 10.6 Å². The third-order valence-electron chi connectivity index (χ3n) is 1.94. The van der Waals surface area contributed by atoms with Gasteiger partial charge in [0.05, 0.1) is 13.2 Å². The second-order valence-electron chi connectivity index (χ2n) is 3.04. The van der Waals surface area contributed by atoms with Crippen LogP contribution >= 0.6 is 0 Å². The van der Waals surface area contributed by atoms with Gasteiger partial charge in [0.15, 0.2) is 5.57 Å². The lowest BCUT2D eigenvalue weighted by Gasteiger charge is -2.09. The van der Waals surface area contributed by atoms with Crippen LogP contribution in [0.3, 0.4) is 0 Å². The minimum Gasteiger partial charge on any atom is -0.462 e. The number of nitrogens with one attached hydrogen (secondary N) is 2. The Balaban J connectivity index is 2.88. The van der Waals surface area contributed by atoms with Crippen molar-refractivity contribution in [3.8, 4) is 0 Å². The SMILES string of the molecule is CCOC(=O)C(C(=O)OCC)=C1NCCN1. The lowest BCUT2D eigenvalue weighted by atomic mass is 10.2. The summed E-state index contributed by atoms with van der Waals surface area (Å²) < 4.78 is 9.61. The molecule has 0 amide bonds. The van der Waals surface area contributed by atoms with Crippen LogP contribution in [-0.4, -0.2) is 38.2 Å². The van der Waals surface area contributed by atoms with E-state index in [0.717, 1.165) is 0 Å². The highest BCUT2D eigenvalue weighted by atomic mass is 16.6. The van der Waals surface area contributed by atoms with Gasteiger partial charge >= 0.3 is 11.9 Å². The highest BCUT2D eigenvalue weighted by molar-refractivity contribution is 6.14. The van der Waals surface area contributed by atoms with Crippen molar-refractivity contribution in [2.24, 2.45) is 0 Å². The molecule has 1 saturated heterocycles. The number of carbonyl (C=O) groups is 2. The predicted molar refractivity (Wildman–Crippen MR) is 56.3 cm³/mol. The highest BCUT2D eigenvalue weighted by Crippen LogP contribution is 2.07. The van der Waals surface area contributed by atoms with E-state index < -0.39 is 11.9 Å². The average molecular weight is 228 g/mol. The number of hydrogen-bond acceptors (Lipinski definition) is 6. The van der Waals surface area contributed by atoms with Crippen molar-refractivity contribution in [2.45, 2.75) is 13.8 Å². The summed E-state index contributed by atoms with van der Waals surface area (Å²) in [5.41, 5.74) is -0.0961. The van der Waals surface area contributed by atoms with Gasteiger partial charge in [-0.2, -0.15) is 0 Å². The van der Waals surface area contributed by atoms with E-state index in [1.165, 1.54) is 0 Å². The first-order valence-corrected chi connectivity index (χ1v) is 5.27. The second kappa shape index (κ2) is 5.99. The van der Waals surface area contributed by atoms with E-state index in [0.29, 0.717) is 18.9 Å². The maximum Gasteiger partial charge on any atom is 0.349 e. The molecule has 1 fully saturated rings. The largest absolute Gasteiger partial charge is 0.462 e. The Morgan fingerprint density at radius 3 is 1.88 bits per heavy atom. The topological polar surface area (TPSA) is 76.7 Å². The van der Waals surface area contributed by atoms with Crippen LogP contribution in [0.15, 0.2) is 11.4 Å². The zero-order valence-electron chi connectivity index (χ0n) is 9.46. The standard InChI is InChI=1S/C10H16N2O4/c1-3-15-9(13)7(10(14)16-4-2)8-11-5-6-12-8/h11-12H,3-6H2,1-2H3. The molecule has 0 saturated carbocycles. The summed E-state index contributed by atoms with van der Waals surface area (Å²) in [4.78, 5) is 23.2.